The second-order valence-corrected chi connectivity index (χ2v) is 6.34. The third kappa shape index (κ3) is 7.24. The molecule has 0 bridgehead atoms. The van der Waals surface area contributed by atoms with Crippen molar-refractivity contribution in [3.63, 3.8) is 0 Å². The van der Waals surface area contributed by atoms with Gasteiger partial charge in [0.15, 0.2) is 0 Å². The summed E-state index contributed by atoms with van der Waals surface area (Å²) in [5, 5.41) is 7.25. The summed E-state index contributed by atoms with van der Waals surface area (Å²) < 4.78 is 0. The van der Waals surface area contributed by atoms with Gasteiger partial charge in [0, 0.05) is 11.1 Å². The maximum Gasteiger partial charge on any atom is 0.0122 e. The zero-order valence-electron chi connectivity index (χ0n) is 12.4. The molecule has 0 aromatic rings. The Morgan fingerprint density at radius 1 is 0.812 bits per heavy atom. The van der Waals surface area contributed by atoms with Crippen LogP contribution < -0.4 is 10.6 Å². The van der Waals surface area contributed by atoms with Crippen LogP contribution in [0.5, 0.6) is 0 Å². The summed E-state index contributed by atoms with van der Waals surface area (Å²) in [5.41, 5.74) is 0.545. The summed E-state index contributed by atoms with van der Waals surface area (Å²) in [6, 6.07) is 0. The summed E-state index contributed by atoms with van der Waals surface area (Å²) in [4.78, 5) is 0. The highest BCUT2D eigenvalue weighted by atomic mass is 15.0. The van der Waals surface area contributed by atoms with Gasteiger partial charge in [-0.25, -0.2) is 0 Å². The smallest absolute Gasteiger partial charge is 0.0122 e. The Bertz CT molecular complexity index is 165. The van der Waals surface area contributed by atoms with E-state index in [2.05, 4.69) is 59.1 Å². The molecule has 0 atom stereocenters. The normalized spacial score (nSPS) is 13.5. The number of nitrogens with one attached hydrogen (secondary N) is 2. The van der Waals surface area contributed by atoms with Crippen molar-refractivity contribution in [3.05, 3.63) is 0 Å². The molecule has 0 radical (unpaired) electrons. The van der Waals surface area contributed by atoms with E-state index in [1.54, 1.807) is 0 Å². The molecule has 0 rings (SSSR count). The van der Waals surface area contributed by atoms with Crippen LogP contribution in [-0.4, -0.2) is 24.2 Å². The summed E-state index contributed by atoms with van der Waals surface area (Å²) >= 11 is 0. The van der Waals surface area contributed by atoms with Crippen molar-refractivity contribution < 1.29 is 0 Å². The third-order valence-corrected chi connectivity index (χ3v) is 3.63. The lowest BCUT2D eigenvalue weighted by atomic mass is 9.99. The SMILES string of the molecule is CCC(C)(C)NCC(C)CNC(C)(C)CC. The molecule has 2 N–H and O–H groups in total. The Morgan fingerprint density at radius 2 is 1.12 bits per heavy atom. The zero-order chi connectivity index (χ0) is 12.8. The minimum Gasteiger partial charge on any atom is -0.311 e. The molecule has 2 nitrogen and oxygen atoms in total. The monoisotopic (exact) mass is 228 g/mol. The van der Waals surface area contributed by atoms with Gasteiger partial charge < -0.3 is 10.6 Å². The Hall–Kier alpha value is -0.0800. The quantitative estimate of drug-likeness (QED) is 0.667. The van der Waals surface area contributed by atoms with Crippen LogP contribution in [0.25, 0.3) is 0 Å². The minimum atomic E-state index is 0.272. The molecule has 0 aromatic heterocycles. The fourth-order valence-corrected chi connectivity index (χ4v) is 1.22. The lowest BCUT2D eigenvalue weighted by Crippen LogP contribution is -2.46. The van der Waals surface area contributed by atoms with E-state index < -0.39 is 0 Å². The van der Waals surface area contributed by atoms with Crippen molar-refractivity contribution in [1.82, 2.24) is 10.6 Å². The van der Waals surface area contributed by atoms with Gasteiger partial charge in [0.1, 0.15) is 0 Å². The van der Waals surface area contributed by atoms with Gasteiger partial charge in [-0.05, 0) is 59.5 Å². The van der Waals surface area contributed by atoms with Gasteiger partial charge in [-0.2, -0.15) is 0 Å². The second-order valence-electron chi connectivity index (χ2n) is 6.34. The first-order valence-electron chi connectivity index (χ1n) is 6.72. The first kappa shape index (κ1) is 15.9. The molecule has 2 heteroatoms. The molecular formula is C14H32N2. The van der Waals surface area contributed by atoms with E-state index in [0.29, 0.717) is 5.92 Å². The third-order valence-electron chi connectivity index (χ3n) is 3.63. The van der Waals surface area contributed by atoms with Gasteiger partial charge >= 0.3 is 0 Å². The van der Waals surface area contributed by atoms with Crippen molar-refractivity contribution in [2.75, 3.05) is 13.1 Å². The molecule has 0 fully saturated rings. The predicted octanol–water partition coefficient (Wildman–Crippen LogP) is 3.18. The highest BCUT2D eigenvalue weighted by molar-refractivity contribution is 4.79. The van der Waals surface area contributed by atoms with E-state index in [-0.39, 0.29) is 11.1 Å². The fourth-order valence-electron chi connectivity index (χ4n) is 1.22. The van der Waals surface area contributed by atoms with Gasteiger partial charge in [-0.1, -0.05) is 20.8 Å². The van der Waals surface area contributed by atoms with Crippen LogP contribution in [-0.2, 0) is 0 Å². The van der Waals surface area contributed by atoms with E-state index in [1.165, 1.54) is 12.8 Å². The highest BCUT2D eigenvalue weighted by Crippen LogP contribution is 2.09. The van der Waals surface area contributed by atoms with Crippen molar-refractivity contribution in [2.24, 2.45) is 5.92 Å². The van der Waals surface area contributed by atoms with Gasteiger partial charge in [-0.15, -0.1) is 0 Å². The average molecular weight is 228 g/mol. The van der Waals surface area contributed by atoms with E-state index in [9.17, 15) is 0 Å². The minimum absolute atomic E-state index is 0.272. The molecular weight excluding hydrogens is 196 g/mol. The Balaban J connectivity index is 3.79. The maximum atomic E-state index is 3.62. The summed E-state index contributed by atoms with van der Waals surface area (Å²) in [5.74, 6) is 0.677. The molecule has 0 spiro atoms. The van der Waals surface area contributed by atoms with Crippen LogP contribution in [0.4, 0.5) is 0 Å². The molecule has 0 aliphatic heterocycles. The Kier molecular flexibility index (Phi) is 6.57. The average Bonchev–Trinajstić information content (AvgIpc) is 2.24. The molecule has 0 heterocycles. The van der Waals surface area contributed by atoms with Crippen molar-refractivity contribution in [2.45, 2.75) is 72.4 Å². The van der Waals surface area contributed by atoms with Gasteiger partial charge in [0.25, 0.3) is 0 Å². The Morgan fingerprint density at radius 3 is 1.38 bits per heavy atom. The topological polar surface area (TPSA) is 24.1 Å². The van der Waals surface area contributed by atoms with Crippen LogP contribution in [0.1, 0.15) is 61.3 Å². The van der Waals surface area contributed by atoms with Crippen LogP contribution >= 0.6 is 0 Å². The van der Waals surface area contributed by atoms with Gasteiger partial charge in [-0.3, -0.25) is 0 Å². The van der Waals surface area contributed by atoms with Crippen molar-refractivity contribution >= 4 is 0 Å². The number of hydrogen-bond acceptors (Lipinski definition) is 2. The molecule has 0 unspecified atom stereocenters. The molecule has 0 saturated heterocycles. The lowest BCUT2D eigenvalue weighted by Gasteiger charge is -2.29. The predicted molar refractivity (Wildman–Crippen MR) is 73.9 cm³/mol. The lowest BCUT2D eigenvalue weighted by molar-refractivity contribution is 0.308. The molecule has 0 saturated carbocycles. The summed E-state index contributed by atoms with van der Waals surface area (Å²) in [6.07, 6.45) is 2.35. The van der Waals surface area contributed by atoms with Crippen LogP contribution in [0.2, 0.25) is 0 Å². The molecule has 0 aromatic carbocycles. The van der Waals surface area contributed by atoms with Crippen LogP contribution in [0, 0.1) is 5.92 Å². The number of hydrogen-bond donors (Lipinski definition) is 2. The van der Waals surface area contributed by atoms with E-state index >= 15 is 0 Å². The zero-order valence-corrected chi connectivity index (χ0v) is 12.4. The standard InChI is InChI=1S/C14H32N2/c1-8-13(4,5)15-10-12(3)11-16-14(6,7)9-2/h12,15-16H,8-11H2,1-7H3. The maximum absolute atomic E-state index is 3.62. The first-order valence-corrected chi connectivity index (χ1v) is 6.72. The second kappa shape index (κ2) is 6.61. The van der Waals surface area contributed by atoms with Crippen LogP contribution in [0.3, 0.4) is 0 Å². The Labute approximate surface area is 103 Å². The largest absolute Gasteiger partial charge is 0.311 e. The van der Waals surface area contributed by atoms with Crippen molar-refractivity contribution in [1.29, 1.82) is 0 Å². The molecule has 0 aliphatic rings. The van der Waals surface area contributed by atoms with E-state index in [0.717, 1.165) is 13.1 Å². The first-order chi connectivity index (χ1) is 7.22. The van der Waals surface area contributed by atoms with Crippen molar-refractivity contribution in [3.8, 4) is 0 Å². The highest BCUT2D eigenvalue weighted by Gasteiger charge is 2.17. The molecule has 0 amide bonds. The summed E-state index contributed by atoms with van der Waals surface area (Å²) in [6.45, 7) is 18.0. The molecule has 0 aliphatic carbocycles. The van der Waals surface area contributed by atoms with Crippen LogP contribution in [0.15, 0.2) is 0 Å². The van der Waals surface area contributed by atoms with Gasteiger partial charge in [0.05, 0.1) is 0 Å². The summed E-state index contributed by atoms with van der Waals surface area (Å²) in [7, 11) is 0. The van der Waals surface area contributed by atoms with E-state index in [1.807, 2.05) is 0 Å². The fraction of sp³-hybridized carbons (Fsp3) is 1.00. The molecule has 16 heavy (non-hydrogen) atoms. The van der Waals surface area contributed by atoms with Gasteiger partial charge in [0.2, 0.25) is 0 Å². The van der Waals surface area contributed by atoms with E-state index in [4.69, 9.17) is 0 Å². The number of rotatable bonds is 8. The molecule has 98 valence electrons.